The molecule has 2 saturated heterocycles. The average molecular weight is 991 g/mol. The summed E-state index contributed by atoms with van der Waals surface area (Å²) >= 11 is 0. The molecule has 71 heavy (non-hydrogen) atoms. The minimum atomic E-state index is -4.54. The van der Waals surface area contributed by atoms with E-state index in [2.05, 4.69) is 77.8 Å². The van der Waals surface area contributed by atoms with Crippen molar-refractivity contribution >= 4 is 44.2 Å². The summed E-state index contributed by atoms with van der Waals surface area (Å²) in [5.41, 5.74) is 4.00. The zero-order valence-electron chi connectivity index (χ0n) is 40.6. The van der Waals surface area contributed by atoms with Gasteiger partial charge in [-0.15, -0.1) is 0 Å². The molecule has 0 unspecified atom stereocenters. The second kappa shape index (κ2) is 20.9. The highest BCUT2D eigenvalue weighted by molar-refractivity contribution is 7.90. The van der Waals surface area contributed by atoms with E-state index >= 15 is 0 Å². The first-order valence-corrected chi connectivity index (χ1v) is 25.9. The van der Waals surface area contributed by atoms with Gasteiger partial charge in [-0.3, -0.25) is 14.6 Å². The number of halogens is 2. The molecule has 3 aliphatic rings. The summed E-state index contributed by atoms with van der Waals surface area (Å²) in [7, 11) is -3.30. The molecule has 1 saturated carbocycles. The Balaban J connectivity index is 0.928. The maximum absolute atomic E-state index is 14.2. The van der Waals surface area contributed by atoms with Gasteiger partial charge in [0.05, 0.1) is 23.0 Å². The number of aliphatic hydroxyl groups is 1. The van der Waals surface area contributed by atoms with E-state index in [1.165, 1.54) is 42.6 Å². The lowest BCUT2D eigenvalue weighted by Crippen LogP contribution is -2.54. The molecule has 5 heterocycles. The van der Waals surface area contributed by atoms with Crippen molar-refractivity contribution < 1.29 is 31.8 Å². The molecule has 6 aromatic rings. The molecule has 376 valence electrons. The van der Waals surface area contributed by atoms with Gasteiger partial charge < -0.3 is 35.3 Å². The van der Waals surface area contributed by atoms with Crippen LogP contribution in [0, 0.1) is 22.8 Å². The van der Waals surface area contributed by atoms with E-state index in [1.807, 2.05) is 13.0 Å². The number of fused-ring (bicyclic) bond motifs is 1. The molecule has 3 fully saturated rings. The summed E-state index contributed by atoms with van der Waals surface area (Å²) in [6.45, 7) is 10.9. The number of H-pyrrole nitrogens is 1. The zero-order valence-corrected chi connectivity index (χ0v) is 41.4. The quantitative estimate of drug-likeness (QED) is 0.0716. The molecule has 0 spiro atoms. The van der Waals surface area contributed by atoms with Crippen LogP contribution < -0.4 is 24.7 Å². The van der Waals surface area contributed by atoms with Gasteiger partial charge >= 0.3 is 0 Å². The predicted molar refractivity (Wildman–Crippen MR) is 271 cm³/mol. The van der Waals surface area contributed by atoms with Crippen LogP contribution in [-0.2, 0) is 16.6 Å². The molecule has 1 amide bonds. The number of piperidine rings is 1. The summed E-state index contributed by atoms with van der Waals surface area (Å²) in [6.07, 6.45) is 9.01. The Labute approximate surface area is 413 Å². The van der Waals surface area contributed by atoms with E-state index in [1.54, 1.807) is 36.5 Å². The van der Waals surface area contributed by atoms with Crippen LogP contribution in [0.3, 0.4) is 0 Å². The van der Waals surface area contributed by atoms with E-state index in [4.69, 9.17) is 4.74 Å². The van der Waals surface area contributed by atoms with Crippen LogP contribution in [0.2, 0.25) is 0 Å². The number of carbonyl (C=O) groups is 1. The lowest BCUT2D eigenvalue weighted by Gasteiger charge is -2.48. The summed E-state index contributed by atoms with van der Waals surface area (Å²) in [4.78, 5) is 32.8. The molecule has 0 radical (unpaired) electrons. The third kappa shape index (κ3) is 11.5. The van der Waals surface area contributed by atoms with Crippen LogP contribution in [-0.4, -0.2) is 102 Å². The van der Waals surface area contributed by atoms with Crippen molar-refractivity contribution in [2.24, 2.45) is 5.92 Å². The molecule has 0 bridgehead atoms. The third-order valence-electron chi connectivity index (χ3n) is 14.4. The summed E-state index contributed by atoms with van der Waals surface area (Å²) in [6, 6.07) is 23.0. The topological polar surface area (TPSA) is 182 Å². The summed E-state index contributed by atoms with van der Waals surface area (Å²) in [5.74, 6) is -1.40. The van der Waals surface area contributed by atoms with Gasteiger partial charge in [0.25, 0.3) is 15.9 Å². The van der Waals surface area contributed by atoms with Crippen LogP contribution in [0.25, 0.3) is 11.0 Å². The van der Waals surface area contributed by atoms with Crippen LogP contribution in [0.4, 0.5) is 26.0 Å². The van der Waals surface area contributed by atoms with Gasteiger partial charge in [0.2, 0.25) is 0 Å². The zero-order chi connectivity index (χ0) is 50.0. The van der Waals surface area contributed by atoms with E-state index in [9.17, 15) is 32.3 Å². The Bertz CT molecular complexity index is 2970. The van der Waals surface area contributed by atoms with Gasteiger partial charge in [-0.25, -0.2) is 31.9 Å². The van der Waals surface area contributed by atoms with E-state index < -0.39 is 33.2 Å². The number of amides is 1. The summed E-state index contributed by atoms with van der Waals surface area (Å²) in [5, 5.41) is 27.6. The number of nitrogens with zero attached hydrogens (tertiary/aromatic N) is 6. The number of piperazine rings is 1. The number of rotatable bonds is 15. The van der Waals surface area contributed by atoms with Crippen LogP contribution in [0.1, 0.15) is 98.3 Å². The second-order valence-electron chi connectivity index (χ2n) is 19.9. The minimum absolute atomic E-state index is 0.00856. The standard InChI is InChI=1S/C53H62F2N9O6S/c1-34(2)42-7-5-6-8-43(42)48-33-62(32-36-9-12-45(54)46(55)25-36)23-24-64(48)38-16-21-63(22-17-38)39-10-11-44(49(27-39)70-40-26-37-15-20-56-50(37)58-30-40)52(65)60-71(68,69)41-28-47(61(4)67)51(59-31-41)57-29-35-13-18-53(3,66)19-14-35/h5-12,15,20,25-28,30-31,34-35,38,48,66H,13-14,16-19,21-24,29,32-33H2,1-4H3,(H,56,58)(H,57,59)(H,60,65)/q-1/t35?,48-,53?/m0/s1. The fraction of sp³-hybridized carbons (Fsp3) is 0.415. The number of carbonyl (C=O) groups excluding carboxylic acids is 1. The van der Waals surface area contributed by atoms with Gasteiger partial charge in [0, 0.05) is 87.4 Å². The molecule has 15 nitrogen and oxygen atoms in total. The fourth-order valence-corrected chi connectivity index (χ4v) is 11.4. The smallest absolute Gasteiger partial charge is 0.268 e. The van der Waals surface area contributed by atoms with Crippen molar-refractivity contribution in [1.82, 2.24) is 29.5 Å². The number of ether oxygens (including phenoxy) is 1. The van der Waals surface area contributed by atoms with Crippen molar-refractivity contribution in [1.29, 1.82) is 0 Å². The summed E-state index contributed by atoms with van der Waals surface area (Å²) < 4.78 is 64.4. The monoisotopic (exact) mass is 990 g/mol. The Morgan fingerprint density at radius 1 is 0.958 bits per heavy atom. The first kappa shape index (κ1) is 49.8. The fourth-order valence-electron chi connectivity index (χ4n) is 10.4. The molecule has 2 aliphatic heterocycles. The van der Waals surface area contributed by atoms with Crippen LogP contribution in [0.5, 0.6) is 11.5 Å². The maximum Gasteiger partial charge on any atom is 0.268 e. The number of anilines is 3. The van der Waals surface area contributed by atoms with Crippen LogP contribution in [0.15, 0.2) is 102 Å². The van der Waals surface area contributed by atoms with E-state index in [-0.39, 0.29) is 45.7 Å². The molecule has 9 rings (SSSR count). The Morgan fingerprint density at radius 3 is 2.48 bits per heavy atom. The maximum atomic E-state index is 14.2. The predicted octanol–water partition coefficient (Wildman–Crippen LogP) is 9.09. The lowest BCUT2D eigenvalue weighted by molar-refractivity contribution is 0.00975. The van der Waals surface area contributed by atoms with Gasteiger partial charge in [0.15, 0.2) is 11.6 Å². The van der Waals surface area contributed by atoms with Crippen molar-refractivity contribution in [2.75, 3.05) is 61.6 Å². The molecule has 3 aromatic heterocycles. The highest BCUT2D eigenvalue weighted by Gasteiger charge is 2.37. The lowest BCUT2D eigenvalue weighted by atomic mass is 9.80. The first-order valence-electron chi connectivity index (χ1n) is 24.5. The van der Waals surface area contributed by atoms with Crippen molar-refractivity contribution in [3.8, 4) is 11.5 Å². The van der Waals surface area contributed by atoms with Crippen LogP contribution >= 0.6 is 0 Å². The number of benzene rings is 3. The number of aromatic nitrogens is 3. The number of hydroxylamine groups is 1. The molecular formula is C53H62F2N9O6S-. The Kier molecular flexibility index (Phi) is 14.6. The first-order chi connectivity index (χ1) is 34.0. The molecular weight excluding hydrogens is 929 g/mol. The SMILES string of the molecule is CC(C)c1ccccc1[C@@H]1CN(Cc2ccc(F)c(F)c2)CCN1C1CCN(c2ccc(C(=O)NS(=O)(=O)c3cnc(NCC4CCC(C)(O)CC4)c(N(C)[O-])c3)c(Oc3cnc4[nH]ccc4c3)c2)CC1. The number of nitrogens with one attached hydrogen (secondary N) is 3. The average Bonchev–Trinajstić information content (AvgIpc) is 3.83. The highest BCUT2D eigenvalue weighted by Crippen LogP contribution is 2.38. The molecule has 3 aromatic carbocycles. The molecule has 1 aliphatic carbocycles. The molecule has 1 atom stereocenters. The van der Waals surface area contributed by atoms with E-state index in [0.29, 0.717) is 61.4 Å². The van der Waals surface area contributed by atoms with Gasteiger partial charge in [0.1, 0.15) is 27.9 Å². The Morgan fingerprint density at radius 2 is 1.73 bits per heavy atom. The van der Waals surface area contributed by atoms with Crippen molar-refractivity contribution in [2.45, 2.75) is 94.3 Å². The molecule has 18 heteroatoms. The number of pyridine rings is 2. The van der Waals surface area contributed by atoms with Gasteiger partial charge in [-0.2, -0.15) is 0 Å². The second-order valence-corrected chi connectivity index (χ2v) is 21.6. The minimum Gasteiger partial charge on any atom is -0.758 e. The number of hydrogen-bond donors (Lipinski definition) is 4. The third-order valence-corrected chi connectivity index (χ3v) is 15.7. The number of aromatic amines is 1. The largest absolute Gasteiger partial charge is 0.758 e. The Hall–Kier alpha value is -6.18. The number of hydrogen-bond acceptors (Lipinski definition) is 13. The number of sulfonamides is 1. The highest BCUT2D eigenvalue weighted by atomic mass is 32.2. The molecule has 4 N–H and O–H groups in total. The van der Waals surface area contributed by atoms with Crippen molar-refractivity contribution in [3.05, 3.63) is 137 Å². The van der Waals surface area contributed by atoms with Crippen molar-refractivity contribution in [3.63, 3.8) is 0 Å². The van der Waals surface area contributed by atoms with Gasteiger partial charge in [-0.05, 0) is 123 Å². The van der Waals surface area contributed by atoms with E-state index in [0.717, 1.165) is 68.2 Å². The normalized spacial score (nSPS) is 20.6. The van der Waals surface area contributed by atoms with Gasteiger partial charge in [-0.1, -0.05) is 44.2 Å².